The van der Waals surface area contributed by atoms with E-state index < -0.39 is 11.7 Å². The van der Waals surface area contributed by atoms with E-state index in [1.165, 1.54) is 6.07 Å². The minimum Gasteiger partial charge on any atom is -0.298 e. The molecule has 2 aromatic rings. The number of hydrogen-bond acceptors (Lipinski definition) is 2. The van der Waals surface area contributed by atoms with E-state index in [1.807, 2.05) is 0 Å². The van der Waals surface area contributed by atoms with Gasteiger partial charge in [0.25, 0.3) is 0 Å². The molecule has 0 N–H and O–H groups in total. The lowest BCUT2D eigenvalue weighted by atomic mass is 10.0. The predicted molar refractivity (Wildman–Crippen MR) is 99.2 cm³/mol. The van der Waals surface area contributed by atoms with Gasteiger partial charge < -0.3 is 0 Å². The summed E-state index contributed by atoms with van der Waals surface area (Å²) < 4.78 is 38.7. The van der Waals surface area contributed by atoms with Gasteiger partial charge in [-0.25, -0.2) is 0 Å². The van der Waals surface area contributed by atoms with Gasteiger partial charge in [0.05, 0.1) is 16.3 Å². The average Bonchev–Trinajstić information content (AvgIpc) is 2.54. The Bertz CT molecular complexity index is 866. The first-order chi connectivity index (χ1) is 12.0. The molecule has 2 aromatic carbocycles. The van der Waals surface area contributed by atoms with Crippen LogP contribution in [0.2, 0.25) is 10.0 Å². The van der Waals surface area contributed by atoms with E-state index in [9.17, 15) is 18.0 Å². The zero-order chi connectivity index (χ0) is 19.6. The molecule has 0 fully saturated rings. The number of carbonyl (C=O) groups is 1. The van der Waals surface area contributed by atoms with Crippen LogP contribution in [0.4, 0.5) is 18.9 Å². The summed E-state index contributed by atoms with van der Waals surface area (Å²) in [5, 5.41) is 0.652. The van der Waals surface area contributed by atoms with Crippen LogP contribution in [0.1, 0.15) is 39.5 Å². The number of rotatable bonds is 4. The van der Waals surface area contributed by atoms with Gasteiger partial charge in [0.2, 0.25) is 0 Å². The molecule has 0 aliphatic rings. The third kappa shape index (κ3) is 4.46. The van der Waals surface area contributed by atoms with Crippen molar-refractivity contribution in [1.29, 1.82) is 0 Å². The van der Waals surface area contributed by atoms with E-state index in [0.717, 1.165) is 12.1 Å². The molecule has 0 amide bonds. The largest absolute Gasteiger partial charge is 0.416 e. The van der Waals surface area contributed by atoms with Crippen molar-refractivity contribution in [3.05, 3.63) is 62.1 Å². The number of aryl methyl sites for hydroxylation is 2. The Morgan fingerprint density at radius 2 is 1.73 bits per heavy atom. The molecule has 0 aliphatic carbocycles. The van der Waals surface area contributed by atoms with Crippen LogP contribution in [-0.2, 0) is 12.6 Å². The normalized spacial score (nSPS) is 12.4. The van der Waals surface area contributed by atoms with Crippen LogP contribution in [-0.4, -0.2) is 12.0 Å². The number of aldehydes is 1. The van der Waals surface area contributed by atoms with Crippen molar-refractivity contribution in [1.82, 2.24) is 0 Å². The molecule has 0 bridgehead atoms. The lowest BCUT2D eigenvalue weighted by molar-refractivity contribution is -0.137. The standard InChI is InChI=1S/C19H16Cl2F3NO/c1-10-6-14(19(22,23)24)7-11(2)18(10)25-12(3)8-15-16(20)5-4-13(9-26)17(15)21/h4-7,9H,8H2,1-3H3/b25-12+. The Balaban J connectivity index is 2.42. The Hall–Kier alpha value is -1.85. The lowest BCUT2D eigenvalue weighted by Crippen LogP contribution is -2.06. The molecule has 0 heterocycles. The van der Waals surface area contributed by atoms with E-state index in [-0.39, 0.29) is 11.4 Å². The van der Waals surface area contributed by atoms with Crippen LogP contribution in [0.25, 0.3) is 0 Å². The van der Waals surface area contributed by atoms with E-state index >= 15 is 0 Å². The molecule has 0 saturated heterocycles. The van der Waals surface area contributed by atoms with Crippen molar-refractivity contribution in [3.8, 4) is 0 Å². The van der Waals surface area contributed by atoms with E-state index in [0.29, 0.717) is 45.0 Å². The predicted octanol–water partition coefficient (Wildman–Crippen LogP) is 6.78. The first kappa shape index (κ1) is 20.5. The summed E-state index contributed by atoms with van der Waals surface area (Å²) in [7, 11) is 0. The van der Waals surface area contributed by atoms with Gasteiger partial charge in [0.15, 0.2) is 6.29 Å². The second kappa shape index (κ2) is 7.80. The highest BCUT2D eigenvalue weighted by atomic mass is 35.5. The van der Waals surface area contributed by atoms with Gasteiger partial charge in [-0.1, -0.05) is 23.2 Å². The Morgan fingerprint density at radius 3 is 2.23 bits per heavy atom. The summed E-state index contributed by atoms with van der Waals surface area (Å²) in [6.45, 7) is 4.90. The SMILES string of the molecule is C/C(Cc1c(Cl)ccc(C=O)c1Cl)=N\c1c(C)cc(C(F)(F)F)cc1C. The quantitative estimate of drug-likeness (QED) is 0.410. The van der Waals surface area contributed by atoms with Gasteiger partial charge in [-0.3, -0.25) is 9.79 Å². The molecular weight excluding hydrogens is 386 g/mol. The van der Waals surface area contributed by atoms with Crippen LogP contribution in [0.3, 0.4) is 0 Å². The minimum absolute atomic E-state index is 0.253. The van der Waals surface area contributed by atoms with E-state index in [4.69, 9.17) is 23.2 Å². The summed E-state index contributed by atoms with van der Waals surface area (Å²) in [5.74, 6) is 0. The first-order valence-corrected chi connectivity index (χ1v) is 8.44. The molecule has 0 spiro atoms. The topological polar surface area (TPSA) is 29.4 Å². The molecule has 0 atom stereocenters. The van der Waals surface area contributed by atoms with Gasteiger partial charge >= 0.3 is 6.18 Å². The molecule has 0 aliphatic heterocycles. The monoisotopic (exact) mass is 401 g/mol. The Kier molecular flexibility index (Phi) is 6.14. The zero-order valence-corrected chi connectivity index (χ0v) is 15.9. The second-order valence-electron chi connectivity index (χ2n) is 6.03. The molecule has 2 rings (SSSR count). The third-order valence-electron chi connectivity index (χ3n) is 3.90. The number of benzene rings is 2. The molecule has 0 radical (unpaired) electrons. The van der Waals surface area contributed by atoms with Crippen LogP contribution >= 0.6 is 23.2 Å². The average molecular weight is 402 g/mol. The smallest absolute Gasteiger partial charge is 0.298 e. The second-order valence-corrected chi connectivity index (χ2v) is 6.81. The Labute approximate surface area is 159 Å². The van der Waals surface area contributed by atoms with E-state index in [2.05, 4.69) is 4.99 Å². The van der Waals surface area contributed by atoms with Crippen LogP contribution in [0.15, 0.2) is 29.3 Å². The summed E-state index contributed by atoms with van der Waals surface area (Å²) in [6, 6.07) is 5.25. The fraction of sp³-hybridized carbons (Fsp3) is 0.263. The van der Waals surface area contributed by atoms with Crippen LogP contribution in [0.5, 0.6) is 0 Å². The maximum atomic E-state index is 12.9. The van der Waals surface area contributed by atoms with Crippen molar-refractivity contribution < 1.29 is 18.0 Å². The number of carbonyl (C=O) groups excluding carboxylic acids is 1. The third-order valence-corrected chi connectivity index (χ3v) is 4.70. The summed E-state index contributed by atoms with van der Waals surface area (Å²) in [6.07, 6.45) is -3.48. The molecule has 0 aromatic heterocycles. The van der Waals surface area contributed by atoms with Crippen LogP contribution < -0.4 is 0 Å². The zero-order valence-electron chi connectivity index (χ0n) is 14.3. The fourth-order valence-corrected chi connectivity index (χ4v) is 3.20. The lowest BCUT2D eigenvalue weighted by Gasteiger charge is -2.13. The van der Waals surface area contributed by atoms with Gasteiger partial charge in [-0.15, -0.1) is 0 Å². The molecule has 0 unspecified atom stereocenters. The van der Waals surface area contributed by atoms with Crippen molar-refractivity contribution in [2.75, 3.05) is 0 Å². The number of halogens is 5. The highest BCUT2D eigenvalue weighted by Gasteiger charge is 2.31. The number of hydrogen-bond donors (Lipinski definition) is 0. The highest BCUT2D eigenvalue weighted by Crippen LogP contribution is 2.35. The Morgan fingerprint density at radius 1 is 1.15 bits per heavy atom. The highest BCUT2D eigenvalue weighted by molar-refractivity contribution is 6.37. The van der Waals surface area contributed by atoms with Gasteiger partial charge in [0.1, 0.15) is 0 Å². The van der Waals surface area contributed by atoms with Crippen molar-refractivity contribution in [2.24, 2.45) is 4.99 Å². The maximum absolute atomic E-state index is 12.9. The number of alkyl halides is 3. The van der Waals surface area contributed by atoms with Crippen LogP contribution in [0, 0.1) is 13.8 Å². The minimum atomic E-state index is -4.40. The van der Waals surface area contributed by atoms with Gasteiger partial charge in [-0.2, -0.15) is 13.2 Å². The van der Waals surface area contributed by atoms with Gasteiger partial charge in [-0.05, 0) is 61.7 Å². The molecule has 26 heavy (non-hydrogen) atoms. The summed E-state index contributed by atoms with van der Waals surface area (Å²) in [4.78, 5) is 15.5. The molecule has 138 valence electrons. The molecule has 0 saturated carbocycles. The van der Waals surface area contributed by atoms with Crippen molar-refractivity contribution in [2.45, 2.75) is 33.4 Å². The fourth-order valence-electron chi connectivity index (χ4n) is 2.65. The van der Waals surface area contributed by atoms with Crippen molar-refractivity contribution >= 4 is 40.9 Å². The number of aliphatic imine (C=N–C) groups is 1. The molecular formula is C19H16Cl2F3NO. The summed E-state index contributed by atoms with van der Waals surface area (Å²) >= 11 is 12.4. The van der Waals surface area contributed by atoms with Crippen molar-refractivity contribution in [3.63, 3.8) is 0 Å². The molecule has 7 heteroatoms. The van der Waals surface area contributed by atoms with E-state index in [1.54, 1.807) is 26.8 Å². The van der Waals surface area contributed by atoms with Gasteiger partial charge in [0, 0.05) is 22.7 Å². The first-order valence-electron chi connectivity index (χ1n) is 7.69. The number of nitrogens with zero attached hydrogens (tertiary/aromatic N) is 1. The summed E-state index contributed by atoms with van der Waals surface area (Å²) in [5.41, 5.74) is 2.12. The maximum Gasteiger partial charge on any atom is 0.416 e. The molecule has 2 nitrogen and oxygen atoms in total.